The zero-order chi connectivity index (χ0) is 34.7. The molecule has 2 aliphatic rings. The van der Waals surface area contributed by atoms with Gasteiger partial charge in [-0.05, 0) is 37.5 Å². The third kappa shape index (κ3) is 11.7. The molecule has 15 nitrogen and oxygen atoms in total. The first-order valence-electron chi connectivity index (χ1n) is 16.3. The van der Waals surface area contributed by atoms with Gasteiger partial charge in [0.2, 0.25) is 0 Å². The Balaban J connectivity index is 0.000000471. The summed E-state index contributed by atoms with van der Waals surface area (Å²) >= 11 is 0. The maximum absolute atomic E-state index is 12.0. The van der Waals surface area contributed by atoms with Gasteiger partial charge in [-0.1, -0.05) is 38.0 Å². The fourth-order valence-corrected chi connectivity index (χ4v) is 6.49. The fraction of sp³-hybridized carbons (Fsp3) is 0.758. The van der Waals surface area contributed by atoms with Crippen LogP contribution in [0.15, 0.2) is 21.2 Å². The minimum Gasteiger partial charge on any atom is -0.870 e. The number of methoxy groups -OCH3 is 5. The molecule has 49 heavy (non-hydrogen) atoms. The number of ether oxygens (including phenoxy) is 5. The van der Waals surface area contributed by atoms with E-state index in [4.69, 9.17) is 32.7 Å². The van der Waals surface area contributed by atoms with E-state index in [1.807, 2.05) is 33.8 Å². The van der Waals surface area contributed by atoms with Crippen molar-refractivity contribution < 1.29 is 71.8 Å². The second kappa shape index (κ2) is 21.5. The number of rotatable bonds is 14. The maximum atomic E-state index is 12.0. The van der Waals surface area contributed by atoms with Crippen LogP contribution in [0.5, 0.6) is 0 Å². The third-order valence-corrected chi connectivity index (χ3v) is 9.13. The van der Waals surface area contributed by atoms with Crippen molar-refractivity contribution in [3.05, 3.63) is 23.7 Å². The first-order valence-corrected chi connectivity index (χ1v) is 16.3. The van der Waals surface area contributed by atoms with Crippen LogP contribution in [0.3, 0.4) is 0 Å². The van der Waals surface area contributed by atoms with Gasteiger partial charge in [0.1, 0.15) is 11.8 Å². The molecule has 0 spiro atoms. The number of aliphatic carboxylic acids is 1. The summed E-state index contributed by atoms with van der Waals surface area (Å²) in [6.45, 7) is 11.0. The van der Waals surface area contributed by atoms with Gasteiger partial charge in [-0.2, -0.15) is 0 Å². The smallest absolute Gasteiger partial charge is 0.870 e. The second-order valence-corrected chi connectivity index (χ2v) is 12.8. The van der Waals surface area contributed by atoms with Crippen molar-refractivity contribution >= 4 is 23.6 Å². The molecular formula is C33H55LiN4O11. The van der Waals surface area contributed by atoms with Gasteiger partial charge >= 0.3 is 30.8 Å². The molecule has 0 aliphatic carbocycles. The molecule has 2 fully saturated rings. The summed E-state index contributed by atoms with van der Waals surface area (Å²) in [4.78, 5) is 27.6. The molecule has 2 N–H and O–H groups in total. The van der Waals surface area contributed by atoms with Crippen molar-refractivity contribution in [2.75, 3.05) is 71.5 Å². The summed E-state index contributed by atoms with van der Waals surface area (Å²) in [6.07, 6.45) is 3.44. The van der Waals surface area contributed by atoms with Gasteiger partial charge in [0.25, 0.3) is 0 Å². The summed E-state index contributed by atoms with van der Waals surface area (Å²) in [7, 11) is 8.04. The van der Waals surface area contributed by atoms with Gasteiger partial charge in [0.05, 0.1) is 7.11 Å². The monoisotopic (exact) mass is 690 g/mol. The normalized spacial score (nSPS) is 17.0. The predicted octanol–water partition coefficient (Wildman–Crippen LogP) is 1.58. The number of piperidine rings is 2. The van der Waals surface area contributed by atoms with Gasteiger partial charge in [0, 0.05) is 78.6 Å². The number of carbonyl (C=O) groups is 2. The molecule has 0 amide bonds. The van der Waals surface area contributed by atoms with E-state index < -0.39 is 17.8 Å². The van der Waals surface area contributed by atoms with Crippen LogP contribution >= 0.6 is 0 Å². The molecule has 0 radical (unpaired) electrons. The Labute approximate surface area is 301 Å². The van der Waals surface area contributed by atoms with Crippen molar-refractivity contribution in [3.63, 3.8) is 0 Å². The Hall–Kier alpha value is -2.64. The summed E-state index contributed by atoms with van der Waals surface area (Å²) in [5.74, 6) is 0.921. The molecule has 2 aromatic heterocycles. The number of hydrogen-bond acceptors (Lipinski definition) is 14. The van der Waals surface area contributed by atoms with Crippen molar-refractivity contribution in [2.45, 2.75) is 77.8 Å². The predicted molar refractivity (Wildman–Crippen MR) is 175 cm³/mol. The molecule has 4 heterocycles. The van der Waals surface area contributed by atoms with Gasteiger partial charge in [-0.15, -0.1) is 0 Å². The van der Waals surface area contributed by atoms with Crippen LogP contribution in [0.1, 0.15) is 76.7 Å². The third-order valence-electron chi connectivity index (χ3n) is 9.13. The molecule has 0 saturated carbocycles. The van der Waals surface area contributed by atoms with E-state index in [0.717, 1.165) is 57.7 Å². The fourth-order valence-electron chi connectivity index (χ4n) is 6.49. The number of carboxylic acid groups (broad SMARTS) is 1. The van der Waals surface area contributed by atoms with Crippen LogP contribution < -0.4 is 28.7 Å². The van der Waals surface area contributed by atoms with E-state index in [1.54, 1.807) is 34.5 Å². The summed E-state index contributed by atoms with van der Waals surface area (Å²) < 4.78 is 37.0. The Morgan fingerprint density at radius 2 is 1.06 bits per heavy atom. The molecule has 2 unspecified atom stereocenters. The summed E-state index contributed by atoms with van der Waals surface area (Å²) in [6, 6.07) is 3.61. The number of hydrogen-bond donors (Lipinski definition) is 1. The topological polar surface area (TPSA) is 189 Å². The van der Waals surface area contributed by atoms with Crippen molar-refractivity contribution in [2.24, 2.45) is 23.7 Å². The summed E-state index contributed by atoms with van der Waals surface area (Å²) in [5, 5.41) is 17.5. The number of anilines is 2. The van der Waals surface area contributed by atoms with Crippen LogP contribution in [-0.2, 0) is 33.3 Å². The van der Waals surface area contributed by atoms with Crippen LogP contribution in [0.4, 0.5) is 11.6 Å². The number of carboxylic acids is 1. The quantitative estimate of drug-likeness (QED) is 0.171. The van der Waals surface area contributed by atoms with Crippen molar-refractivity contribution in [1.29, 1.82) is 0 Å². The Bertz CT molecular complexity index is 1220. The first-order chi connectivity index (χ1) is 22.5. The Morgan fingerprint density at radius 1 is 0.714 bits per heavy atom. The average Bonchev–Trinajstić information content (AvgIpc) is 3.74. The van der Waals surface area contributed by atoms with E-state index >= 15 is 0 Å². The molecule has 2 aromatic rings. The van der Waals surface area contributed by atoms with Crippen LogP contribution in [-0.4, -0.2) is 107 Å². The van der Waals surface area contributed by atoms with Crippen molar-refractivity contribution in [3.8, 4) is 0 Å². The second-order valence-electron chi connectivity index (χ2n) is 12.8. The zero-order valence-electron chi connectivity index (χ0n) is 30.8. The van der Waals surface area contributed by atoms with Gasteiger partial charge in [0.15, 0.2) is 35.7 Å². The Morgan fingerprint density at radius 3 is 1.35 bits per heavy atom. The molecule has 0 aromatic carbocycles. The minimum atomic E-state index is -0.885. The first kappa shape index (κ1) is 44.4. The zero-order valence-corrected chi connectivity index (χ0v) is 30.8. The number of carbonyl (C=O) groups excluding carboxylic acids is 1. The molecule has 274 valence electrons. The number of esters is 1. The number of nitrogens with zero attached hydrogens (tertiary/aromatic N) is 4. The van der Waals surface area contributed by atoms with E-state index in [0.29, 0.717) is 29.2 Å². The molecule has 0 bridgehead atoms. The molecule has 2 saturated heterocycles. The minimum absolute atomic E-state index is 0. The van der Waals surface area contributed by atoms with E-state index in [9.17, 15) is 14.7 Å². The van der Waals surface area contributed by atoms with Crippen molar-refractivity contribution in [1.82, 2.24) is 10.3 Å². The van der Waals surface area contributed by atoms with E-state index in [1.165, 1.54) is 7.11 Å². The van der Waals surface area contributed by atoms with E-state index in [-0.39, 0.29) is 54.7 Å². The van der Waals surface area contributed by atoms with Crippen LogP contribution in [0.25, 0.3) is 0 Å². The summed E-state index contributed by atoms with van der Waals surface area (Å²) in [5.41, 5.74) is 0. The van der Waals surface area contributed by atoms with E-state index in [2.05, 4.69) is 20.1 Å². The molecular weight excluding hydrogens is 635 g/mol. The molecule has 16 heteroatoms. The molecule has 2 atom stereocenters. The SMILES string of the molecule is COC(=O)C(c1cc(N2CCC(C(OC)OC)CC2)no1)C(C)C.COC(OC)C1CCN(c2cc(C(C(=O)O)C(C)C)on2)CC1.[Li+].[OH-]. The van der Waals surface area contributed by atoms with Gasteiger partial charge in [-0.3, -0.25) is 9.59 Å². The average molecular weight is 691 g/mol. The number of aromatic nitrogens is 2. The van der Waals surface area contributed by atoms with Gasteiger partial charge < -0.3 is 53.1 Å². The van der Waals surface area contributed by atoms with Crippen LogP contribution in [0.2, 0.25) is 0 Å². The van der Waals surface area contributed by atoms with Gasteiger partial charge in [-0.25, -0.2) is 0 Å². The molecule has 4 rings (SSSR count). The molecule has 2 aliphatic heterocycles. The van der Waals surface area contributed by atoms with Crippen LogP contribution in [0, 0.1) is 23.7 Å². The Kier molecular flexibility index (Phi) is 19.5. The largest absolute Gasteiger partial charge is 1.00 e. The standard InChI is InChI=1S/C17H28N2O5.C16H26N2O5.Li.H2O/c1-11(2)15(16(20)21-3)13-10-14(18-24-13)19-8-6-12(7-9-19)17(22-4)23-5;1-10(2)14(15(19)20)12-9-13(17-23-12)18-7-5-11(6-8-18)16(21-3)22-4;;/h10-12,15,17H,6-9H2,1-5H3;9-11,14,16H,5-8H2,1-4H3,(H,19,20);;1H2/q;;+1;/p-1. The maximum Gasteiger partial charge on any atom is 1.00 e.